The Labute approximate surface area is 96.3 Å². The van der Waals surface area contributed by atoms with Crippen LogP contribution in [0.15, 0.2) is 18.2 Å². The van der Waals surface area contributed by atoms with Crippen molar-refractivity contribution in [2.24, 2.45) is 0 Å². The van der Waals surface area contributed by atoms with Crippen LogP contribution in [0.1, 0.15) is 18.4 Å². The summed E-state index contributed by atoms with van der Waals surface area (Å²) in [5.41, 5.74) is 0.741. The first kappa shape index (κ1) is 13.3. The molecule has 6 heteroatoms. The van der Waals surface area contributed by atoms with Crippen molar-refractivity contribution in [2.75, 3.05) is 5.32 Å². The lowest BCUT2D eigenvalue weighted by atomic mass is 10.1. The number of nitrogens with one attached hydrogen (secondary N) is 1. The second-order valence-corrected chi connectivity index (χ2v) is 3.61. The van der Waals surface area contributed by atoms with Crippen molar-refractivity contribution < 1.29 is 23.1 Å². The first-order valence-corrected chi connectivity index (χ1v) is 4.95. The van der Waals surface area contributed by atoms with Gasteiger partial charge in [0, 0.05) is 17.7 Å². The smallest absolute Gasteiger partial charge is 0.389 e. The fourth-order valence-corrected chi connectivity index (χ4v) is 1.23. The number of halogens is 3. The molecule has 94 valence electrons. The van der Waals surface area contributed by atoms with Gasteiger partial charge in [-0.25, -0.2) is 0 Å². The average molecular weight is 247 g/mol. The molecule has 0 saturated carbocycles. The highest BCUT2D eigenvalue weighted by Crippen LogP contribution is 2.25. The summed E-state index contributed by atoms with van der Waals surface area (Å²) in [6, 6.07) is 4.45. The third-order valence-electron chi connectivity index (χ3n) is 2.21. The number of carbonyl (C=O) groups is 1. The molecule has 0 aromatic heterocycles. The van der Waals surface area contributed by atoms with Crippen molar-refractivity contribution in [3.63, 3.8) is 0 Å². The van der Waals surface area contributed by atoms with Gasteiger partial charge in [0.05, 0.1) is 6.42 Å². The van der Waals surface area contributed by atoms with Crippen molar-refractivity contribution in [3.05, 3.63) is 23.8 Å². The summed E-state index contributed by atoms with van der Waals surface area (Å²) in [5, 5.41) is 11.7. The topological polar surface area (TPSA) is 49.3 Å². The third kappa shape index (κ3) is 4.34. The van der Waals surface area contributed by atoms with Gasteiger partial charge in [0.15, 0.2) is 0 Å². The van der Waals surface area contributed by atoms with Crippen LogP contribution in [0.2, 0.25) is 0 Å². The van der Waals surface area contributed by atoms with Gasteiger partial charge in [0.2, 0.25) is 5.91 Å². The molecule has 0 fully saturated rings. The Hall–Kier alpha value is -1.72. The van der Waals surface area contributed by atoms with Crippen LogP contribution in [0.4, 0.5) is 18.9 Å². The number of benzene rings is 1. The Balaban J connectivity index is 2.60. The van der Waals surface area contributed by atoms with Gasteiger partial charge in [0.25, 0.3) is 0 Å². The number of amides is 1. The third-order valence-corrected chi connectivity index (χ3v) is 2.21. The van der Waals surface area contributed by atoms with E-state index in [2.05, 4.69) is 5.32 Å². The zero-order valence-electron chi connectivity index (χ0n) is 9.14. The quantitative estimate of drug-likeness (QED) is 0.862. The van der Waals surface area contributed by atoms with Crippen LogP contribution in [-0.2, 0) is 4.79 Å². The lowest BCUT2D eigenvalue weighted by molar-refractivity contribution is -0.142. The molecule has 0 unspecified atom stereocenters. The fourth-order valence-electron chi connectivity index (χ4n) is 1.23. The lowest BCUT2D eigenvalue weighted by Crippen LogP contribution is -2.17. The van der Waals surface area contributed by atoms with Gasteiger partial charge in [-0.1, -0.05) is 6.07 Å². The Kier molecular flexibility index (Phi) is 3.98. The summed E-state index contributed by atoms with van der Waals surface area (Å²) in [4.78, 5) is 11.2. The van der Waals surface area contributed by atoms with E-state index in [1.54, 1.807) is 6.92 Å². The first-order chi connectivity index (χ1) is 7.79. The van der Waals surface area contributed by atoms with Crippen molar-refractivity contribution in [3.8, 4) is 5.75 Å². The second-order valence-electron chi connectivity index (χ2n) is 3.61. The van der Waals surface area contributed by atoms with Crippen LogP contribution in [0.3, 0.4) is 0 Å². The molecule has 1 aromatic carbocycles. The highest BCUT2D eigenvalue weighted by atomic mass is 19.4. The van der Waals surface area contributed by atoms with Crippen molar-refractivity contribution in [2.45, 2.75) is 25.9 Å². The van der Waals surface area contributed by atoms with Gasteiger partial charge in [-0.15, -0.1) is 0 Å². The Bertz CT molecular complexity index is 416. The van der Waals surface area contributed by atoms with Crippen LogP contribution >= 0.6 is 0 Å². The van der Waals surface area contributed by atoms with E-state index in [-0.39, 0.29) is 5.75 Å². The molecule has 0 radical (unpaired) electrons. The predicted octanol–water partition coefficient (Wildman–Crippen LogP) is 2.98. The predicted molar refractivity (Wildman–Crippen MR) is 56.8 cm³/mol. The molecular formula is C11H12F3NO2. The number of anilines is 1. The van der Waals surface area contributed by atoms with Crippen LogP contribution in [0, 0.1) is 6.92 Å². The largest absolute Gasteiger partial charge is 0.508 e. The first-order valence-electron chi connectivity index (χ1n) is 4.95. The maximum absolute atomic E-state index is 11.9. The molecule has 1 rings (SSSR count). The molecule has 0 aliphatic carbocycles. The van der Waals surface area contributed by atoms with Crippen molar-refractivity contribution in [1.29, 1.82) is 0 Å². The summed E-state index contributed by atoms with van der Waals surface area (Å²) in [7, 11) is 0. The molecular weight excluding hydrogens is 235 g/mol. The zero-order valence-corrected chi connectivity index (χ0v) is 9.14. The normalized spacial score (nSPS) is 11.3. The van der Waals surface area contributed by atoms with Gasteiger partial charge in [0.1, 0.15) is 5.75 Å². The van der Waals surface area contributed by atoms with E-state index < -0.39 is 24.9 Å². The van der Waals surface area contributed by atoms with Crippen LogP contribution < -0.4 is 5.32 Å². The van der Waals surface area contributed by atoms with E-state index >= 15 is 0 Å². The minimum atomic E-state index is -4.34. The molecule has 0 atom stereocenters. The van der Waals surface area contributed by atoms with Gasteiger partial charge in [-0.3, -0.25) is 4.79 Å². The summed E-state index contributed by atoms with van der Waals surface area (Å²) in [6.07, 6.45) is -6.12. The maximum atomic E-state index is 11.9. The van der Waals surface area contributed by atoms with Crippen LogP contribution in [0.25, 0.3) is 0 Å². The van der Waals surface area contributed by atoms with Crippen molar-refractivity contribution in [1.82, 2.24) is 0 Å². The molecule has 3 nitrogen and oxygen atoms in total. The number of phenolic OH excluding ortho intramolecular Hbond substituents is 1. The number of phenols is 1. The minimum Gasteiger partial charge on any atom is -0.508 e. The summed E-state index contributed by atoms with van der Waals surface area (Å²) in [6.45, 7) is 1.56. The van der Waals surface area contributed by atoms with Gasteiger partial charge >= 0.3 is 6.18 Å². The number of aromatic hydroxyl groups is 1. The molecule has 0 aliphatic rings. The van der Waals surface area contributed by atoms with E-state index in [0.29, 0.717) is 11.3 Å². The number of hydrogen-bond acceptors (Lipinski definition) is 2. The van der Waals surface area contributed by atoms with E-state index in [4.69, 9.17) is 0 Å². The molecule has 1 aromatic rings. The van der Waals surface area contributed by atoms with Gasteiger partial charge in [-0.05, 0) is 19.1 Å². The zero-order chi connectivity index (χ0) is 13.1. The van der Waals surface area contributed by atoms with E-state index in [1.165, 1.54) is 18.2 Å². The van der Waals surface area contributed by atoms with Crippen molar-refractivity contribution >= 4 is 11.6 Å². The van der Waals surface area contributed by atoms with E-state index in [0.717, 1.165) is 0 Å². The summed E-state index contributed by atoms with van der Waals surface area (Å²) >= 11 is 0. The number of alkyl halides is 3. The highest BCUT2D eigenvalue weighted by molar-refractivity contribution is 5.91. The highest BCUT2D eigenvalue weighted by Gasteiger charge is 2.27. The van der Waals surface area contributed by atoms with Gasteiger partial charge in [-0.2, -0.15) is 13.2 Å². The minimum absolute atomic E-state index is 0.0152. The van der Waals surface area contributed by atoms with Crippen LogP contribution in [0.5, 0.6) is 5.75 Å². The molecule has 2 N–H and O–H groups in total. The Morgan fingerprint density at radius 1 is 1.41 bits per heavy atom. The molecule has 0 saturated heterocycles. The lowest BCUT2D eigenvalue weighted by Gasteiger charge is -2.10. The van der Waals surface area contributed by atoms with Gasteiger partial charge < -0.3 is 10.4 Å². The molecule has 0 heterocycles. The SMILES string of the molecule is Cc1c(O)cccc1NC(=O)CCC(F)(F)F. The molecule has 17 heavy (non-hydrogen) atoms. The number of hydrogen-bond donors (Lipinski definition) is 2. The summed E-state index contributed by atoms with van der Waals surface area (Å²) < 4.78 is 35.6. The second kappa shape index (κ2) is 5.07. The maximum Gasteiger partial charge on any atom is 0.389 e. The fraction of sp³-hybridized carbons (Fsp3) is 0.364. The standard InChI is InChI=1S/C11H12F3NO2/c1-7-8(3-2-4-9(7)16)15-10(17)5-6-11(12,13)14/h2-4,16H,5-6H2,1H3,(H,15,17). The molecule has 0 bridgehead atoms. The Morgan fingerprint density at radius 3 is 2.65 bits per heavy atom. The molecule has 0 spiro atoms. The van der Waals surface area contributed by atoms with E-state index in [9.17, 15) is 23.1 Å². The van der Waals surface area contributed by atoms with Crippen LogP contribution in [-0.4, -0.2) is 17.2 Å². The Morgan fingerprint density at radius 2 is 2.06 bits per heavy atom. The number of rotatable bonds is 3. The average Bonchev–Trinajstić information content (AvgIpc) is 2.21. The molecule has 1 amide bonds. The molecule has 0 aliphatic heterocycles. The van der Waals surface area contributed by atoms with E-state index in [1.807, 2.05) is 0 Å². The summed E-state index contributed by atoms with van der Waals surface area (Å²) in [5.74, 6) is -0.741. The number of carbonyl (C=O) groups excluding carboxylic acids is 1. The monoisotopic (exact) mass is 247 g/mol.